The van der Waals surface area contributed by atoms with Crippen molar-refractivity contribution in [2.24, 2.45) is 11.8 Å². The van der Waals surface area contributed by atoms with E-state index in [0.29, 0.717) is 17.7 Å². The van der Waals surface area contributed by atoms with E-state index in [1.165, 1.54) is 6.07 Å². The van der Waals surface area contributed by atoms with Crippen molar-refractivity contribution in [1.29, 1.82) is 0 Å². The summed E-state index contributed by atoms with van der Waals surface area (Å²) in [5.74, 6) is -1.97. The van der Waals surface area contributed by atoms with Crippen LogP contribution in [0.4, 0.5) is 5.69 Å². The summed E-state index contributed by atoms with van der Waals surface area (Å²) < 4.78 is 0. The monoisotopic (exact) mass is 348 g/mol. The number of rotatable bonds is 5. The van der Waals surface area contributed by atoms with Crippen LogP contribution >= 0.6 is 12.2 Å². The second-order valence-electron chi connectivity index (χ2n) is 6.30. The van der Waals surface area contributed by atoms with Gasteiger partial charge in [-0.2, -0.15) is 0 Å². The summed E-state index contributed by atoms with van der Waals surface area (Å²) in [5, 5.41) is 22.8. The molecule has 0 amide bonds. The Kier molecular flexibility index (Phi) is 4.42. The van der Waals surface area contributed by atoms with Gasteiger partial charge in [0.25, 0.3) is 5.69 Å². The number of fused-ring (bicyclic) bond motifs is 1. The molecule has 2 N–H and O–H groups in total. The minimum atomic E-state index is -1.07. The zero-order chi connectivity index (χ0) is 17.4. The first kappa shape index (κ1) is 16.7. The van der Waals surface area contributed by atoms with Crippen LogP contribution < -0.4 is 5.32 Å². The van der Waals surface area contributed by atoms with Crippen LogP contribution in [0.15, 0.2) is 18.2 Å². The molecule has 1 aliphatic carbocycles. The van der Waals surface area contributed by atoms with Crippen molar-refractivity contribution in [2.75, 3.05) is 6.54 Å². The summed E-state index contributed by atoms with van der Waals surface area (Å²) in [6.07, 6.45) is 1.50. The molecule has 0 aromatic heterocycles. The molecule has 8 heteroatoms. The van der Waals surface area contributed by atoms with Gasteiger partial charge in [0.2, 0.25) is 0 Å². The number of carbonyl (C=O) groups is 2. The summed E-state index contributed by atoms with van der Waals surface area (Å²) >= 11 is 5.15. The van der Waals surface area contributed by atoms with Gasteiger partial charge in [-0.15, -0.1) is 0 Å². The van der Waals surface area contributed by atoms with Gasteiger partial charge in [0.1, 0.15) is 11.8 Å². The zero-order valence-corrected chi connectivity index (χ0v) is 13.5. The first-order valence-corrected chi connectivity index (χ1v) is 8.05. The zero-order valence-electron chi connectivity index (χ0n) is 12.7. The third-order valence-corrected chi connectivity index (χ3v) is 5.10. The summed E-state index contributed by atoms with van der Waals surface area (Å²) in [4.78, 5) is 34.7. The number of nitro benzene ring substituents is 1. The fourth-order valence-corrected chi connectivity index (χ4v) is 3.94. The molecule has 2 aliphatic rings. The minimum Gasteiger partial charge on any atom is -0.480 e. The normalized spacial score (nSPS) is 25.5. The number of nitrogens with one attached hydrogen (secondary N) is 1. The molecule has 24 heavy (non-hydrogen) atoms. The van der Waals surface area contributed by atoms with Crippen LogP contribution in [0.25, 0.3) is 0 Å². The lowest BCUT2D eigenvalue weighted by atomic mass is 9.88. The van der Waals surface area contributed by atoms with E-state index in [1.807, 2.05) is 0 Å². The molecule has 1 aromatic rings. The molecule has 0 radical (unpaired) electrons. The van der Waals surface area contributed by atoms with Crippen molar-refractivity contribution in [3.63, 3.8) is 0 Å². The van der Waals surface area contributed by atoms with E-state index in [1.54, 1.807) is 12.1 Å². The average Bonchev–Trinajstić information content (AvgIpc) is 3.08. The highest BCUT2D eigenvalue weighted by Gasteiger charge is 2.42. The van der Waals surface area contributed by atoms with E-state index in [-0.39, 0.29) is 30.4 Å². The van der Waals surface area contributed by atoms with Gasteiger partial charge < -0.3 is 5.11 Å². The van der Waals surface area contributed by atoms with Crippen LogP contribution in [0.5, 0.6) is 0 Å². The number of aliphatic carboxylic acids is 1. The highest BCUT2D eigenvalue weighted by Crippen LogP contribution is 2.33. The maximum Gasteiger partial charge on any atom is 0.321 e. The van der Waals surface area contributed by atoms with E-state index in [9.17, 15) is 24.8 Å². The smallest absolute Gasteiger partial charge is 0.321 e. The average molecular weight is 348 g/mol. The third-order valence-electron chi connectivity index (χ3n) is 4.70. The fraction of sp³-hybridized carbons (Fsp3) is 0.438. The number of hydrogen-bond acceptors (Lipinski definition) is 6. The Morgan fingerprint density at radius 3 is 2.71 bits per heavy atom. The van der Waals surface area contributed by atoms with Crippen LogP contribution in [0.1, 0.15) is 17.5 Å². The molecular formula is C16H16N2O5S. The highest BCUT2D eigenvalue weighted by molar-refractivity contribution is 7.80. The molecule has 1 aromatic carbocycles. The van der Waals surface area contributed by atoms with Crippen molar-refractivity contribution in [3.8, 4) is 0 Å². The van der Waals surface area contributed by atoms with Gasteiger partial charge in [-0.25, -0.2) is 0 Å². The number of non-ortho nitro benzene ring substituents is 1. The number of carboxylic acid groups (broad SMARTS) is 1. The Balaban J connectivity index is 1.69. The lowest BCUT2D eigenvalue weighted by molar-refractivity contribution is -0.384. The van der Waals surface area contributed by atoms with Gasteiger partial charge in [-0.3, -0.25) is 25.0 Å². The van der Waals surface area contributed by atoms with Crippen LogP contribution in [0, 0.1) is 22.0 Å². The van der Waals surface area contributed by atoms with E-state index in [4.69, 9.17) is 12.2 Å². The van der Waals surface area contributed by atoms with Gasteiger partial charge in [-0.1, -0.05) is 18.3 Å². The standard InChI is InChI=1S/C16H16N2O5S/c19-12(14-13(24)7-17-15(14)16(20)21)5-8-3-9-1-2-11(18(22)23)6-10(9)4-8/h1-2,6,8,14-15,17H,3-5,7H2,(H,20,21)/t8?,14?,15-/m0/s1. The van der Waals surface area contributed by atoms with Crippen molar-refractivity contribution >= 4 is 34.5 Å². The summed E-state index contributed by atoms with van der Waals surface area (Å²) in [6, 6.07) is 3.82. The minimum absolute atomic E-state index is 0.0346. The second kappa shape index (κ2) is 6.37. The van der Waals surface area contributed by atoms with E-state index >= 15 is 0 Å². The second-order valence-corrected chi connectivity index (χ2v) is 6.82. The van der Waals surface area contributed by atoms with Crippen molar-refractivity contribution in [1.82, 2.24) is 5.32 Å². The summed E-state index contributed by atoms with van der Waals surface area (Å²) in [7, 11) is 0. The molecule has 7 nitrogen and oxygen atoms in total. The molecule has 1 aliphatic heterocycles. The summed E-state index contributed by atoms with van der Waals surface area (Å²) in [6.45, 7) is 0.264. The van der Waals surface area contributed by atoms with E-state index < -0.39 is 22.9 Å². The Morgan fingerprint density at radius 2 is 2.04 bits per heavy atom. The Bertz CT molecular complexity index is 748. The molecular weight excluding hydrogens is 332 g/mol. The van der Waals surface area contributed by atoms with Gasteiger partial charge in [0, 0.05) is 30.0 Å². The van der Waals surface area contributed by atoms with Crippen molar-refractivity contribution < 1.29 is 19.6 Å². The number of hydrogen-bond donors (Lipinski definition) is 2. The molecule has 126 valence electrons. The maximum absolute atomic E-state index is 12.6. The Labute approximate surface area is 143 Å². The quantitative estimate of drug-likeness (QED) is 0.469. The SMILES string of the molecule is O=C(CC1Cc2ccc([N+](=O)[O-])cc2C1)C1C(=S)CN[C@@H]1C(=O)O. The van der Waals surface area contributed by atoms with E-state index in [0.717, 1.165) is 11.1 Å². The van der Waals surface area contributed by atoms with Crippen LogP contribution in [0.3, 0.4) is 0 Å². The van der Waals surface area contributed by atoms with Gasteiger partial charge in [0.05, 0.1) is 10.8 Å². The lowest BCUT2D eigenvalue weighted by Gasteiger charge is -2.16. The fourth-order valence-electron chi connectivity index (χ4n) is 3.58. The predicted octanol–water partition coefficient (Wildman–Crippen LogP) is 1.31. The van der Waals surface area contributed by atoms with Crippen LogP contribution in [-0.4, -0.2) is 39.2 Å². The Hall–Kier alpha value is -2.19. The van der Waals surface area contributed by atoms with Crippen molar-refractivity contribution in [2.45, 2.75) is 25.3 Å². The van der Waals surface area contributed by atoms with Gasteiger partial charge in [-0.05, 0) is 29.9 Å². The predicted molar refractivity (Wildman–Crippen MR) is 89.1 cm³/mol. The molecule has 1 saturated heterocycles. The molecule has 3 atom stereocenters. The number of carbonyl (C=O) groups excluding carboxylic acids is 1. The molecule has 1 fully saturated rings. The lowest BCUT2D eigenvalue weighted by Crippen LogP contribution is -2.40. The summed E-state index contributed by atoms with van der Waals surface area (Å²) in [5.41, 5.74) is 1.96. The van der Waals surface area contributed by atoms with Crippen molar-refractivity contribution in [3.05, 3.63) is 39.4 Å². The number of benzene rings is 1. The number of thiocarbonyl (C=S) groups is 1. The van der Waals surface area contributed by atoms with E-state index in [2.05, 4.69) is 5.32 Å². The first-order valence-electron chi connectivity index (χ1n) is 7.64. The van der Waals surface area contributed by atoms with Gasteiger partial charge >= 0.3 is 5.97 Å². The molecule has 1 heterocycles. The largest absolute Gasteiger partial charge is 0.480 e. The first-order chi connectivity index (χ1) is 11.4. The third kappa shape index (κ3) is 3.07. The number of nitrogens with zero attached hydrogens (tertiary/aromatic N) is 1. The molecule has 2 unspecified atom stereocenters. The molecule has 0 saturated carbocycles. The molecule has 3 rings (SSSR count). The van der Waals surface area contributed by atoms with Crippen LogP contribution in [0.2, 0.25) is 0 Å². The number of nitro groups is 1. The topological polar surface area (TPSA) is 110 Å². The maximum atomic E-state index is 12.6. The molecule has 0 bridgehead atoms. The Morgan fingerprint density at radius 1 is 1.33 bits per heavy atom. The van der Waals surface area contributed by atoms with Crippen LogP contribution in [-0.2, 0) is 22.4 Å². The highest BCUT2D eigenvalue weighted by atomic mass is 32.1. The molecule has 0 spiro atoms. The van der Waals surface area contributed by atoms with Gasteiger partial charge in [0.15, 0.2) is 0 Å². The number of ketones is 1. The number of Topliss-reactive ketones (excluding diaryl/α,β-unsaturated/α-hetero) is 1. The number of carboxylic acids is 1.